The molecule has 0 aromatic heterocycles. The van der Waals surface area contributed by atoms with Crippen LogP contribution < -0.4 is 17.7 Å². The van der Waals surface area contributed by atoms with E-state index >= 15 is 0 Å². The fourth-order valence-electron chi connectivity index (χ4n) is 1.41. The van der Waals surface area contributed by atoms with Gasteiger partial charge in [0.15, 0.2) is 9.84 Å². The van der Waals surface area contributed by atoms with E-state index in [4.69, 9.17) is 0 Å². The van der Waals surface area contributed by atoms with Gasteiger partial charge >= 0.3 is 0 Å². The first-order valence-corrected chi connectivity index (χ1v) is 6.35. The number of sulfone groups is 1. The van der Waals surface area contributed by atoms with Crippen LogP contribution in [0.5, 0.6) is 0 Å². The van der Waals surface area contributed by atoms with Crippen molar-refractivity contribution in [2.45, 2.75) is 26.0 Å². The molecule has 2 atom stereocenters. The second kappa shape index (κ2) is 5.30. The van der Waals surface area contributed by atoms with E-state index in [-0.39, 0.29) is 30.0 Å². The van der Waals surface area contributed by atoms with Crippen molar-refractivity contribution in [3.8, 4) is 0 Å². The molecule has 0 aromatic carbocycles. The third-order valence-corrected chi connectivity index (χ3v) is 3.83. The number of halogens is 1. The zero-order valence-corrected chi connectivity index (χ0v) is 9.98. The number of hydrogen-bond donors (Lipinski definition) is 2. The summed E-state index contributed by atoms with van der Waals surface area (Å²) in [6.07, 6.45) is -0.733. The molecule has 1 aliphatic heterocycles. The van der Waals surface area contributed by atoms with Crippen LogP contribution in [0.3, 0.4) is 0 Å². The minimum atomic E-state index is -3.01. The van der Waals surface area contributed by atoms with Crippen LogP contribution >= 0.6 is 0 Å². The zero-order valence-electron chi connectivity index (χ0n) is 8.40. The first kappa shape index (κ1) is 14.2. The van der Waals surface area contributed by atoms with Gasteiger partial charge in [0.25, 0.3) is 0 Å². The molecule has 2 N–H and O–H groups in total. The number of hydrogen-bond acceptors (Lipinski definition) is 4. The van der Waals surface area contributed by atoms with Crippen LogP contribution in [0, 0.1) is 5.92 Å². The molecule has 1 rings (SSSR count). The van der Waals surface area contributed by atoms with Crippen LogP contribution in [0.25, 0.3) is 0 Å². The molecule has 0 aliphatic carbocycles. The van der Waals surface area contributed by atoms with E-state index in [0.29, 0.717) is 5.92 Å². The van der Waals surface area contributed by atoms with Gasteiger partial charge in [0.2, 0.25) is 0 Å². The third-order valence-electron chi connectivity index (χ3n) is 2.11. The molecular formula is C8H17ClNO3S-. The smallest absolute Gasteiger partial charge is 0.154 e. The van der Waals surface area contributed by atoms with Gasteiger partial charge in [-0.3, -0.25) is 0 Å². The van der Waals surface area contributed by atoms with Gasteiger partial charge in [0.1, 0.15) is 0 Å². The van der Waals surface area contributed by atoms with Crippen LogP contribution in [0.4, 0.5) is 0 Å². The van der Waals surface area contributed by atoms with Crippen molar-refractivity contribution in [2.24, 2.45) is 5.92 Å². The van der Waals surface area contributed by atoms with Crippen molar-refractivity contribution in [1.82, 2.24) is 5.32 Å². The molecule has 4 nitrogen and oxygen atoms in total. The van der Waals surface area contributed by atoms with E-state index in [9.17, 15) is 13.5 Å². The summed E-state index contributed by atoms with van der Waals surface area (Å²) in [7, 11) is -3.01. The van der Waals surface area contributed by atoms with Crippen molar-refractivity contribution in [3.05, 3.63) is 0 Å². The first-order chi connectivity index (χ1) is 5.91. The van der Waals surface area contributed by atoms with Crippen molar-refractivity contribution in [2.75, 3.05) is 18.1 Å². The maximum Gasteiger partial charge on any atom is 0.154 e. The van der Waals surface area contributed by atoms with Crippen LogP contribution in [0.1, 0.15) is 13.8 Å². The molecule has 0 bridgehead atoms. The van der Waals surface area contributed by atoms with Crippen molar-refractivity contribution < 1.29 is 25.9 Å². The van der Waals surface area contributed by atoms with Gasteiger partial charge in [-0.2, -0.15) is 0 Å². The first-order valence-electron chi connectivity index (χ1n) is 4.52. The largest absolute Gasteiger partial charge is 1.00 e. The summed E-state index contributed by atoms with van der Waals surface area (Å²) in [5, 5.41) is 12.5. The highest BCUT2D eigenvalue weighted by molar-refractivity contribution is 7.91. The lowest BCUT2D eigenvalue weighted by molar-refractivity contribution is -0.00000736. The van der Waals surface area contributed by atoms with Crippen LogP contribution in [0.2, 0.25) is 0 Å². The summed E-state index contributed by atoms with van der Waals surface area (Å²) in [5.41, 5.74) is 0. The van der Waals surface area contributed by atoms with E-state index in [1.165, 1.54) is 0 Å². The molecule has 1 saturated heterocycles. The van der Waals surface area contributed by atoms with E-state index < -0.39 is 15.9 Å². The summed E-state index contributed by atoms with van der Waals surface area (Å²) in [6, 6.07) is -0.271. The van der Waals surface area contributed by atoms with E-state index in [2.05, 4.69) is 5.32 Å². The number of aliphatic hydroxyl groups excluding tert-OH is 1. The van der Waals surface area contributed by atoms with E-state index in [0.717, 1.165) is 6.54 Å². The Hall–Kier alpha value is 0.160. The Labute approximate surface area is 91.4 Å². The minimum Gasteiger partial charge on any atom is -1.00 e. The fourth-order valence-corrected chi connectivity index (χ4v) is 3.19. The van der Waals surface area contributed by atoms with E-state index in [1.807, 2.05) is 13.8 Å². The van der Waals surface area contributed by atoms with Gasteiger partial charge in [-0.15, -0.1) is 0 Å². The SMILES string of the molecule is CC(C)CNC1CS(=O)(=O)CC1O.[Cl-]. The predicted octanol–water partition coefficient (Wildman–Crippen LogP) is -3.61. The molecule has 14 heavy (non-hydrogen) atoms. The summed E-state index contributed by atoms with van der Waals surface area (Å²) in [5.74, 6) is 0.444. The summed E-state index contributed by atoms with van der Waals surface area (Å²) >= 11 is 0. The molecule has 6 heteroatoms. The Bertz CT molecular complexity index is 266. The second-order valence-electron chi connectivity index (χ2n) is 4.05. The maximum absolute atomic E-state index is 11.1. The quantitative estimate of drug-likeness (QED) is 0.537. The Morgan fingerprint density at radius 1 is 1.43 bits per heavy atom. The second-order valence-corrected chi connectivity index (χ2v) is 6.21. The highest BCUT2D eigenvalue weighted by Crippen LogP contribution is 2.12. The van der Waals surface area contributed by atoms with Crippen LogP contribution in [-0.2, 0) is 9.84 Å². The molecule has 0 spiro atoms. The molecule has 86 valence electrons. The van der Waals surface area contributed by atoms with Crippen LogP contribution in [0.15, 0.2) is 0 Å². The van der Waals surface area contributed by atoms with Gasteiger partial charge < -0.3 is 22.8 Å². The third kappa shape index (κ3) is 4.13. The molecule has 0 saturated carbocycles. The van der Waals surface area contributed by atoms with Gasteiger partial charge in [-0.1, -0.05) is 13.8 Å². The van der Waals surface area contributed by atoms with Gasteiger partial charge in [-0.25, -0.2) is 8.42 Å². The molecule has 2 unspecified atom stereocenters. The number of rotatable bonds is 3. The van der Waals surface area contributed by atoms with Crippen molar-refractivity contribution >= 4 is 9.84 Å². The summed E-state index contributed by atoms with van der Waals surface area (Å²) in [6.45, 7) is 4.84. The van der Waals surface area contributed by atoms with Gasteiger partial charge in [-0.05, 0) is 12.5 Å². The van der Waals surface area contributed by atoms with Crippen LogP contribution in [-0.4, -0.2) is 43.7 Å². The Morgan fingerprint density at radius 2 is 2.00 bits per heavy atom. The maximum atomic E-state index is 11.1. The Balaban J connectivity index is 0.00000169. The molecule has 1 heterocycles. The highest BCUT2D eigenvalue weighted by Gasteiger charge is 2.35. The molecular weight excluding hydrogens is 226 g/mol. The van der Waals surface area contributed by atoms with Gasteiger partial charge in [0.05, 0.1) is 17.6 Å². The lowest BCUT2D eigenvalue weighted by atomic mass is 10.1. The fraction of sp³-hybridized carbons (Fsp3) is 1.00. The van der Waals surface area contributed by atoms with Crippen molar-refractivity contribution in [3.63, 3.8) is 0 Å². The standard InChI is InChI=1S/C8H17NO3S.ClH/c1-6(2)3-9-7-4-13(11,12)5-8(7)10;/h6-10H,3-5H2,1-2H3;1H/p-1. The monoisotopic (exact) mass is 242 g/mol. The van der Waals surface area contributed by atoms with E-state index in [1.54, 1.807) is 0 Å². The number of nitrogens with one attached hydrogen (secondary N) is 1. The van der Waals surface area contributed by atoms with Crippen molar-refractivity contribution in [1.29, 1.82) is 0 Å². The highest BCUT2D eigenvalue weighted by atomic mass is 35.5. The average molecular weight is 243 g/mol. The predicted molar refractivity (Wildman–Crippen MR) is 51.3 cm³/mol. The normalized spacial score (nSPS) is 30.3. The zero-order chi connectivity index (χ0) is 10.1. The molecule has 0 aromatic rings. The topological polar surface area (TPSA) is 66.4 Å². The molecule has 0 radical (unpaired) electrons. The average Bonchev–Trinajstić information content (AvgIpc) is 2.20. The lowest BCUT2D eigenvalue weighted by Crippen LogP contribution is -3.00. The summed E-state index contributed by atoms with van der Waals surface area (Å²) < 4.78 is 22.2. The molecule has 0 amide bonds. The lowest BCUT2D eigenvalue weighted by Gasteiger charge is -2.16. The summed E-state index contributed by atoms with van der Waals surface area (Å²) in [4.78, 5) is 0. The minimum absolute atomic E-state index is 0. The molecule has 1 fully saturated rings. The Kier molecular flexibility index (Phi) is 5.36. The van der Waals surface area contributed by atoms with Gasteiger partial charge in [0, 0.05) is 6.04 Å². The molecule has 1 aliphatic rings. The Morgan fingerprint density at radius 3 is 2.36 bits per heavy atom. The number of aliphatic hydroxyl groups is 1.